The van der Waals surface area contributed by atoms with Gasteiger partial charge in [0.25, 0.3) is 5.91 Å². The lowest BCUT2D eigenvalue weighted by molar-refractivity contribution is -0.133. The lowest BCUT2D eigenvalue weighted by Crippen LogP contribution is -2.50. The van der Waals surface area contributed by atoms with Gasteiger partial charge in [0.05, 0.1) is 18.8 Å². The Morgan fingerprint density at radius 2 is 2.32 bits per heavy atom. The summed E-state index contributed by atoms with van der Waals surface area (Å²) in [5, 5.41) is 7.42. The number of anilines is 1. The average molecular weight is 301 g/mol. The molecule has 1 unspecified atom stereocenters. The molecule has 1 saturated carbocycles. The second kappa shape index (κ2) is 5.24. The Balaban J connectivity index is 1.56. The Hall–Kier alpha value is -2.15. The van der Waals surface area contributed by atoms with E-state index >= 15 is 0 Å². The molecule has 2 aromatic heterocycles. The molecule has 1 atom stereocenters. The van der Waals surface area contributed by atoms with Crippen LogP contribution >= 0.6 is 0 Å². The van der Waals surface area contributed by atoms with Gasteiger partial charge in [-0.05, 0) is 25.8 Å². The van der Waals surface area contributed by atoms with Crippen LogP contribution in [-0.2, 0) is 9.53 Å². The van der Waals surface area contributed by atoms with Gasteiger partial charge in [0.1, 0.15) is 5.52 Å². The van der Waals surface area contributed by atoms with Crippen molar-refractivity contribution in [2.75, 3.05) is 24.6 Å². The summed E-state index contributed by atoms with van der Waals surface area (Å²) >= 11 is 0. The van der Waals surface area contributed by atoms with E-state index in [1.54, 1.807) is 6.20 Å². The number of nitrogens with one attached hydrogen (secondary N) is 1. The fourth-order valence-corrected chi connectivity index (χ4v) is 2.80. The molecule has 1 saturated heterocycles. The number of nitrogens with zero attached hydrogens (tertiary/aromatic N) is 4. The van der Waals surface area contributed by atoms with Crippen LogP contribution in [-0.4, -0.2) is 52.3 Å². The fourth-order valence-electron chi connectivity index (χ4n) is 2.80. The number of aryl methyl sites for hydroxylation is 1. The minimum Gasteiger partial charge on any atom is -0.365 e. The molecule has 1 aliphatic carbocycles. The molecular formula is C15H19N5O2. The third-order valence-electron chi connectivity index (χ3n) is 4.07. The van der Waals surface area contributed by atoms with E-state index in [9.17, 15) is 4.79 Å². The van der Waals surface area contributed by atoms with Crippen LogP contribution in [0.1, 0.15) is 18.5 Å². The summed E-state index contributed by atoms with van der Waals surface area (Å²) in [4.78, 5) is 18.8. The Morgan fingerprint density at radius 3 is 3.14 bits per heavy atom. The van der Waals surface area contributed by atoms with E-state index in [2.05, 4.69) is 20.3 Å². The van der Waals surface area contributed by atoms with Crippen molar-refractivity contribution in [3.05, 3.63) is 24.2 Å². The van der Waals surface area contributed by atoms with E-state index in [0.717, 1.165) is 36.4 Å². The van der Waals surface area contributed by atoms with Gasteiger partial charge >= 0.3 is 0 Å². The number of hydrogen-bond acceptors (Lipinski definition) is 5. The lowest BCUT2D eigenvalue weighted by Gasteiger charge is -2.33. The summed E-state index contributed by atoms with van der Waals surface area (Å²) in [6.07, 6.45) is 5.31. The lowest BCUT2D eigenvalue weighted by atomic mass is 10.2. The molecule has 1 aliphatic heterocycles. The second-order valence-electron chi connectivity index (χ2n) is 5.95. The van der Waals surface area contributed by atoms with Crippen molar-refractivity contribution >= 4 is 17.2 Å². The zero-order chi connectivity index (χ0) is 15.1. The molecule has 0 bridgehead atoms. The van der Waals surface area contributed by atoms with Crippen molar-refractivity contribution in [2.24, 2.45) is 0 Å². The van der Waals surface area contributed by atoms with Gasteiger partial charge in [-0.25, -0.2) is 9.50 Å². The van der Waals surface area contributed by atoms with Crippen LogP contribution in [0.2, 0.25) is 0 Å². The molecule has 0 spiro atoms. The third kappa shape index (κ3) is 2.52. The van der Waals surface area contributed by atoms with E-state index in [1.807, 2.05) is 23.7 Å². The Bertz CT molecular complexity index is 709. The van der Waals surface area contributed by atoms with Gasteiger partial charge in [-0.3, -0.25) is 4.79 Å². The highest BCUT2D eigenvalue weighted by molar-refractivity contribution is 5.82. The first-order valence-electron chi connectivity index (χ1n) is 7.68. The largest absolute Gasteiger partial charge is 0.365 e. The number of fused-ring (bicyclic) bond motifs is 1. The summed E-state index contributed by atoms with van der Waals surface area (Å²) in [5.74, 6) is 0.847. The number of hydrogen-bond donors (Lipinski definition) is 1. The topological polar surface area (TPSA) is 71.8 Å². The smallest absolute Gasteiger partial charge is 0.251 e. The van der Waals surface area contributed by atoms with Crippen LogP contribution in [0.3, 0.4) is 0 Å². The maximum absolute atomic E-state index is 12.2. The number of morpholine rings is 1. The van der Waals surface area contributed by atoms with Gasteiger partial charge in [0.15, 0.2) is 11.9 Å². The number of ether oxygens (including phenoxy) is 1. The average Bonchev–Trinajstić information content (AvgIpc) is 3.25. The molecule has 3 heterocycles. The number of aromatic nitrogens is 3. The Kier molecular flexibility index (Phi) is 3.22. The monoisotopic (exact) mass is 301 g/mol. The minimum atomic E-state index is -0.430. The van der Waals surface area contributed by atoms with Crippen molar-refractivity contribution in [2.45, 2.75) is 31.9 Å². The normalized spacial score (nSPS) is 22.0. The standard InChI is InChI=1S/C15H19N5O2/c1-10-8-12-14(16-4-5-20(12)18-10)19-6-7-22-13(9-19)15(21)17-11-2-3-11/h4-5,8,11,13H,2-3,6-7,9H2,1H3,(H,17,21). The van der Waals surface area contributed by atoms with Gasteiger partial charge in [-0.1, -0.05) is 0 Å². The van der Waals surface area contributed by atoms with E-state index in [1.165, 1.54) is 0 Å². The van der Waals surface area contributed by atoms with Crippen molar-refractivity contribution in [3.8, 4) is 0 Å². The van der Waals surface area contributed by atoms with E-state index in [0.29, 0.717) is 19.2 Å². The van der Waals surface area contributed by atoms with Crippen molar-refractivity contribution in [1.29, 1.82) is 0 Å². The number of amides is 1. The number of carbonyl (C=O) groups is 1. The summed E-state index contributed by atoms with van der Waals surface area (Å²) < 4.78 is 7.46. The summed E-state index contributed by atoms with van der Waals surface area (Å²) in [6, 6.07) is 2.36. The fraction of sp³-hybridized carbons (Fsp3) is 0.533. The molecule has 4 rings (SSSR count). The molecule has 1 amide bonds. The van der Waals surface area contributed by atoms with Gasteiger partial charge in [-0.2, -0.15) is 5.10 Å². The first-order valence-corrected chi connectivity index (χ1v) is 7.68. The van der Waals surface area contributed by atoms with E-state index in [-0.39, 0.29) is 5.91 Å². The van der Waals surface area contributed by atoms with Gasteiger partial charge in [-0.15, -0.1) is 0 Å². The molecule has 0 radical (unpaired) electrons. The maximum Gasteiger partial charge on any atom is 0.251 e. The first-order chi connectivity index (χ1) is 10.7. The molecule has 22 heavy (non-hydrogen) atoms. The van der Waals surface area contributed by atoms with Crippen LogP contribution < -0.4 is 10.2 Å². The molecule has 7 heteroatoms. The SMILES string of the molecule is Cc1cc2c(N3CCOC(C(=O)NC4CC4)C3)nccn2n1. The highest BCUT2D eigenvalue weighted by Gasteiger charge is 2.32. The summed E-state index contributed by atoms with van der Waals surface area (Å²) in [7, 11) is 0. The minimum absolute atomic E-state index is 0.0103. The predicted molar refractivity (Wildman–Crippen MR) is 80.8 cm³/mol. The predicted octanol–water partition coefficient (Wildman–Crippen LogP) is 0.522. The molecule has 2 aliphatic rings. The number of rotatable bonds is 3. The quantitative estimate of drug-likeness (QED) is 0.895. The van der Waals surface area contributed by atoms with Crippen molar-refractivity contribution < 1.29 is 9.53 Å². The molecule has 116 valence electrons. The zero-order valence-corrected chi connectivity index (χ0v) is 12.5. The van der Waals surface area contributed by atoms with Crippen molar-refractivity contribution in [1.82, 2.24) is 19.9 Å². The molecular weight excluding hydrogens is 282 g/mol. The first kappa shape index (κ1) is 13.5. The molecule has 1 N–H and O–H groups in total. The Morgan fingerprint density at radius 1 is 1.45 bits per heavy atom. The molecule has 0 aromatic carbocycles. The van der Waals surface area contributed by atoms with E-state index in [4.69, 9.17) is 4.74 Å². The summed E-state index contributed by atoms with van der Waals surface area (Å²) in [6.45, 7) is 3.74. The van der Waals surface area contributed by atoms with Crippen LogP contribution in [0, 0.1) is 6.92 Å². The highest BCUT2D eigenvalue weighted by Crippen LogP contribution is 2.23. The van der Waals surface area contributed by atoms with Crippen LogP contribution in [0.15, 0.2) is 18.5 Å². The van der Waals surface area contributed by atoms with E-state index < -0.39 is 6.10 Å². The molecule has 2 fully saturated rings. The van der Waals surface area contributed by atoms with Gasteiger partial charge in [0.2, 0.25) is 0 Å². The van der Waals surface area contributed by atoms with Crippen LogP contribution in [0.4, 0.5) is 5.82 Å². The Labute approximate surface area is 128 Å². The summed E-state index contributed by atoms with van der Waals surface area (Å²) in [5.41, 5.74) is 1.91. The second-order valence-corrected chi connectivity index (χ2v) is 5.95. The van der Waals surface area contributed by atoms with Gasteiger partial charge < -0.3 is 15.0 Å². The van der Waals surface area contributed by atoms with Gasteiger partial charge in [0, 0.05) is 25.0 Å². The van der Waals surface area contributed by atoms with Crippen LogP contribution in [0.25, 0.3) is 5.52 Å². The number of carbonyl (C=O) groups excluding carboxylic acids is 1. The zero-order valence-electron chi connectivity index (χ0n) is 12.5. The molecule has 7 nitrogen and oxygen atoms in total. The molecule has 2 aromatic rings. The highest BCUT2D eigenvalue weighted by atomic mass is 16.5. The third-order valence-corrected chi connectivity index (χ3v) is 4.07. The maximum atomic E-state index is 12.2. The van der Waals surface area contributed by atoms with Crippen LogP contribution in [0.5, 0.6) is 0 Å². The van der Waals surface area contributed by atoms with Crippen molar-refractivity contribution in [3.63, 3.8) is 0 Å².